The van der Waals surface area contributed by atoms with Gasteiger partial charge in [-0.15, -0.1) is 0 Å². The monoisotopic (exact) mass is 192 g/mol. The van der Waals surface area contributed by atoms with E-state index >= 15 is 0 Å². The van der Waals surface area contributed by atoms with E-state index in [0.29, 0.717) is 0 Å². The van der Waals surface area contributed by atoms with Gasteiger partial charge in [-0.2, -0.15) is 5.10 Å². The van der Waals surface area contributed by atoms with Crippen molar-refractivity contribution in [1.29, 1.82) is 0 Å². The molecule has 1 aliphatic carbocycles. The molecule has 2 rings (SSSR count). The molecule has 0 aliphatic heterocycles. The molecule has 2 heteroatoms. The fourth-order valence-corrected chi connectivity index (χ4v) is 2.46. The first-order chi connectivity index (χ1) is 6.79. The third-order valence-electron chi connectivity index (χ3n) is 3.28. The first-order valence-corrected chi connectivity index (χ1v) is 5.83. The minimum Gasteiger partial charge on any atom is -0.282 e. The molecule has 1 N–H and O–H groups in total. The molecule has 0 bridgehead atoms. The van der Waals surface area contributed by atoms with Gasteiger partial charge in [0.1, 0.15) is 0 Å². The molecule has 1 heterocycles. The lowest BCUT2D eigenvalue weighted by molar-refractivity contribution is 0.591. The minimum atomic E-state index is 0.729. The highest BCUT2D eigenvalue weighted by atomic mass is 15.1. The maximum Gasteiger partial charge on any atom is 0.0655 e. The van der Waals surface area contributed by atoms with Gasteiger partial charge in [0.05, 0.1) is 5.69 Å². The number of hydrogen-bond donors (Lipinski definition) is 1. The predicted molar refractivity (Wildman–Crippen MR) is 58.3 cm³/mol. The molecule has 1 saturated carbocycles. The Bertz CT molecular complexity index is 290. The number of hydrogen-bond acceptors (Lipinski definition) is 1. The van der Waals surface area contributed by atoms with Crippen molar-refractivity contribution in [3.63, 3.8) is 0 Å². The van der Waals surface area contributed by atoms with Crippen molar-refractivity contribution in [1.82, 2.24) is 10.2 Å². The van der Waals surface area contributed by atoms with E-state index in [1.165, 1.54) is 37.1 Å². The average molecular weight is 192 g/mol. The molecule has 0 saturated heterocycles. The molecule has 1 aromatic rings. The summed E-state index contributed by atoms with van der Waals surface area (Å²) in [7, 11) is 0. The van der Waals surface area contributed by atoms with Crippen molar-refractivity contribution < 1.29 is 0 Å². The van der Waals surface area contributed by atoms with Crippen molar-refractivity contribution in [3.8, 4) is 0 Å². The normalized spacial score (nSPS) is 27.0. The van der Waals surface area contributed by atoms with Crippen LogP contribution in [0.5, 0.6) is 0 Å². The van der Waals surface area contributed by atoms with Crippen LogP contribution in [0, 0.1) is 5.92 Å². The van der Waals surface area contributed by atoms with Crippen LogP contribution in [0.1, 0.15) is 56.8 Å². The van der Waals surface area contributed by atoms with Crippen LogP contribution >= 0.6 is 0 Å². The lowest BCUT2D eigenvalue weighted by atomic mass is 10.0. The molecular formula is C12H20N2. The molecule has 2 nitrogen and oxygen atoms in total. The van der Waals surface area contributed by atoms with Crippen molar-refractivity contribution in [2.45, 2.75) is 51.9 Å². The van der Waals surface area contributed by atoms with Crippen LogP contribution in [0.4, 0.5) is 0 Å². The lowest BCUT2D eigenvalue weighted by Crippen LogP contribution is -1.93. The van der Waals surface area contributed by atoms with Gasteiger partial charge in [-0.3, -0.25) is 5.10 Å². The second-order valence-electron chi connectivity index (χ2n) is 4.68. The summed E-state index contributed by atoms with van der Waals surface area (Å²) in [6.45, 7) is 4.55. The second-order valence-corrected chi connectivity index (χ2v) is 4.68. The van der Waals surface area contributed by atoms with Gasteiger partial charge in [0.15, 0.2) is 0 Å². The lowest BCUT2D eigenvalue weighted by Gasteiger charge is -2.03. The fourth-order valence-electron chi connectivity index (χ4n) is 2.46. The van der Waals surface area contributed by atoms with E-state index in [0.717, 1.165) is 18.3 Å². The van der Waals surface area contributed by atoms with E-state index in [-0.39, 0.29) is 0 Å². The van der Waals surface area contributed by atoms with E-state index < -0.39 is 0 Å². The molecule has 1 aliphatic rings. The molecule has 0 aromatic carbocycles. The molecule has 0 radical (unpaired) electrons. The van der Waals surface area contributed by atoms with Gasteiger partial charge in [-0.05, 0) is 31.2 Å². The van der Waals surface area contributed by atoms with Gasteiger partial charge in [-0.25, -0.2) is 0 Å². The maximum atomic E-state index is 4.43. The summed E-state index contributed by atoms with van der Waals surface area (Å²) in [5.41, 5.74) is 2.61. The number of aromatic amines is 1. The Morgan fingerprint density at radius 1 is 1.50 bits per heavy atom. The predicted octanol–water partition coefficient (Wildman–Crippen LogP) is 3.27. The quantitative estimate of drug-likeness (QED) is 0.782. The molecule has 0 spiro atoms. The first-order valence-electron chi connectivity index (χ1n) is 5.83. The molecule has 0 amide bonds. The molecular weight excluding hydrogens is 172 g/mol. The zero-order valence-electron chi connectivity index (χ0n) is 9.21. The van der Waals surface area contributed by atoms with E-state index in [2.05, 4.69) is 30.1 Å². The Hall–Kier alpha value is -0.790. The summed E-state index contributed by atoms with van der Waals surface area (Å²) in [5, 5.41) is 7.57. The minimum absolute atomic E-state index is 0.729. The number of H-pyrrole nitrogens is 1. The fraction of sp³-hybridized carbons (Fsp3) is 0.750. The molecule has 1 fully saturated rings. The van der Waals surface area contributed by atoms with Crippen LogP contribution in [-0.2, 0) is 6.42 Å². The molecule has 1 aromatic heterocycles. The van der Waals surface area contributed by atoms with Crippen molar-refractivity contribution in [2.24, 2.45) is 5.92 Å². The Kier molecular flexibility index (Phi) is 2.90. The summed E-state index contributed by atoms with van der Waals surface area (Å²) >= 11 is 0. The third-order valence-corrected chi connectivity index (χ3v) is 3.28. The summed E-state index contributed by atoms with van der Waals surface area (Å²) < 4.78 is 0. The van der Waals surface area contributed by atoms with Gasteiger partial charge in [0.2, 0.25) is 0 Å². The number of aryl methyl sites for hydroxylation is 1. The second kappa shape index (κ2) is 4.16. The standard InChI is InChI=1S/C12H20N2/c1-3-4-11-8-12(14-13-11)10-6-5-9(2)7-10/h8-10H,3-7H2,1-2H3,(H,13,14). The number of rotatable bonds is 3. The van der Waals surface area contributed by atoms with Gasteiger partial charge < -0.3 is 0 Å². The Balaban J connectivity index is 2.02. The van der Waals surface area contributed by atoms with Gasteiger partial charge in [-0.1, -0.05) is 26.7 Å². The van der Waals surface area contributed by atoms with Crippen molar-refractivity contribution in [3.05, 3.63) is 17.5 Å². The van der Waals surface area contributed by atoms with Crippen LogP contribution in [0.25, 0.3) is 0 Å². The zero-order valence-corrected chi connectivity index (χ0v) is 9.21. The molecule has 78 valence electrons. The Labute approximate surface area is 86.1 Å². The summed E-state index contributed by atoms with van der Waals surface area (Å²) in [6, 6.07) is 2.27. The first kappa shape index (κ1) is 9.75. The number of nitrogens with zero attached hydrogens (tertiary/aromatic N) is 1. The molecule has 2 atom stereocenters. The van der Waals surface area contributed by atoms with Gasteiger partial charge >= 0.3 is 0 Å². The zero-order chi connectivity index (χ0) is 9.97. The van der Waals surface area contributed by atoms with Crippen LogP contribution in [-0.4, -0.2) is 10.2 Å². The van der Waals surface area contributed by atoms with E-state index in [9.17, 15) is 0 Å². The highest BCUT2D eigenvalue weighted by molar-refractivity contribution is 5.14. The van der Waals surface area contributed by atoms with Crippen molar-refractivity contribution in [2.75, 3.05) is 0 Å². The van der Waals surface area contributed by atoms with Crippen LogP contribution < -0.4 is 0 Å². The molecule has 2 unspecified atom stereocenters. The SMILES string of the molecule is CCCc1cc(C2CCC(C)C2)n[nH]1. The van der Waals surface area contributed by atoms with Crippen LogP contribution in [0.3, 0.4) is 0 Å². The number of aromatic nitrogens is 2. The van der Waals surface area contributed by atoms with E-state index in [4.69, 9.17) is 0 Å². The maximum absolute atomic E-state index is 4.43. The Morgan fingerprint density at radius 3 is 3.00 bits per heavy atom. The van der Waals surface area contributed by atoms with Gasteiger partial charge in [0, 0.05) is 11.6 Å². The average Bonchev–Trinajstić information content (AvgIpc) is 2.74. The van der Waals surface area contributed by atoms with E-state index in [1.54, 1.807) is 0 Å². The van der Waals surface area contributed by atoms with Crippen molar-refractivity contribution >= 4 is 0 Å². The molecule has 14 heavy (non-hydrogen) atoms. The van der Waals surface area contributed by atoms with Gasteiger partial charge in [0.25, 0.3) is 0 Å². The summed E-state index contributed by atoms with van der Waals surface area (Å²) in [4.78, 5) is 0. The third kappa shape index (κ3) is 1.99. The topological polar surface area (TPSA) is 28.7 Å². The van der Waals surface area contributed by atoms with Crippen LogP contribution in [0.15, 0.2) is 6.07 Å². The Morgan fingerprint density at radius 2 is 2.36 bits per heavy atom. The number of nitrogens with one attached hydrogen (secondary N) is 1. The summed E-state index contributed by atoms with van der Waals surface area (Å²) in [6.07, 6.45) is 6.37. The smallest absolute Gasteiger partial charge is 0.0655 e. The van der Waals surface area contributed by atoms with Crippen LogP contribution in [0.2, 0.25) is 0 Å². The largest absolute Gasteiger partial charge is 0.282 e. The summed E-state index contributed by atoms with van der Waals surface area (Å²) in [5.74, 6) is 1.62. The highest BCUT2D eigenvalue weighted by Gasteiger charge is 2.24. The van der Waals surface area contributed by atoms with E-state index in [1.807, 2.05) is 0 Å². The highest BCUT2D eigenvalue weighted by Crippen LogP contribution is 2.37.